The van der Waals surface area contributed by atoms with Crippen LogP contribution in [-0.2, 0) is 0 Å². The number of carbonyl (C=O) groups is 1. The third-order valence-corrected chi connectivity index (χ3v) is 7.51. The fraction of sp³-hybridized carbons (Fsp3) is 0.571. The summed E-state index contributed by atoms with van der Waals surface area (Å²) in [5.41, 5.74) is 0.0405. The zero-order chi connectivity index (χ0) is 17.9. The molecule has 26 heavy (non-hydrogen) atoms. The van der Waals surface area contributed by atoms with Crippen molar-refractivity contribution in [3.8, 4) is 5.75 Å². The van der Waals surface area contributed by atoms with E-state index < -0.39 is 0 Å². The van der Waals surface area contributed by atoms with Gasteiger partial charge in [-0.05, 0) is 88.2 Å². The molecule has 1 N–H and O–H groups in total. The van der Waals surface area contributed by atoms with Crippen LogP contribution in [0.5, 0.6) is 5.75 Å². The predicted molar refractivity (Wildman–Crippen MR) is 105 cm³/mol. The summed E-state index contributed by atoms with van der Waals surface area (Å²) >= 11 is 1.57. The van der Waals surface area contributed by atoms with E-state index in [1.807, 2.05) is 12.1 Å². The molecule has 2 aromatic rings. The number of carbonyl (C=O) groups excluding carboxylic acids is 1. The lowest BCUT2D eigenvalue weighted by Crippen LogP contribution is -2.69. The average molecular weight is 371 g/mol. The van der Waals surface area contributed by atoms with Crippen molar-refractivity contribution < 1.29 is 9.53 Å². The topological polar surface area (TPSA) is 41.6 Å². The summed E-state index contributed by atoms with van der Waals surface area (Å²) in [6.07, 6.45) is 5.11. The maximum atomic E-state index is 13.0. The first-order valence-electron chi connectivity index (χ1n) is 9.77. The van der Waals surface area contributed by atoms with Crippen molar-refractivity contribution in [2.45, 2.75) is 57.2 Å². The van der Waals surface area contributed by atoms with Gasteiger partial charge in [0.1, 0.15) is 5.75 Å². The molecule has 4 aliphatic rings. The Labute approximate surface area is 158 Å². The van der Waals surface area contributed by atoms with Crippen LogP contribution in [0.25, 0.3) is 10.1 Å². The van der Waals surface area contributed by atoms with Crippen LogP contribution in [0, 0.1) is 5.92 Å². The normalized spacial score (nSPS) is 29.7. The summed E-state index contributed by atoms with van der Waals surface area (Å²) in [5.74, 6) is 1.60. The van der Waals surface area contributed by atoms with Crippen LogP contribution < -0.4 is 10.1 Å². The highest BCUT2D eigenvalue weighted by atomic mass is 32.1. The third kappa shape index (κ3) is 2.81. The monoisotopic (exact) mass is 370 g/mol. The summed E-state index contributed by atoms with van der Waals surface area (Å²) in [6, 6.07) is 8.42. The van der Waals surface area contributed by atoms with E-state index >= 15 is 0 Å². The van der Waals surface area contributed by atoms with E-state index in [9.17, 15) is 4.79 Å². The number of nitrogens with one attached hydrogen (secondary N) is 1. The molecule has 1 amide bonds. The second-order valence-electron chi connectivity index (χ2n) is 8.56. The molecule has 4 fully saturated rings. The molecule has 5 heteroatoms. The Hall–Kier alpha value is -1.59. The Morgan fingerprint density at radius 2 is 1.96 bits per heavy atom. The van der Waals surface area contributed by atoms with Gasteiger partial charge in [-0.25, -0.2) is 0 Å². The Kier molecular flexibility index (Phi) is 3.80. The van der Waals surface area contributed by atoms with Crippen molar-refractivity contribution in [2.75, 3.05) is 13.1 Å². The van der Waals surface area contributed by atoms with E-state index in [0.717, 1.165) is 46.6 Å². The number of benzene rings is 1. The molecule has 1 aromatic carbocycles. The van der Waals surface area contributed by atoms with Crippen molar-refractivity contribution in [3.63, 3.8) is 0 Å². The molecule has 0 spiro atoms. The van der Waals surface area contributed by atoms with Crippen LogP contribution in [0.2, 0.25) is 0 Å². The predicted octanol–water partition coefficient (Wildman–Crippen LogP) is 4.05. The maximum absolute atomic E-state index is 13.0. The number of ether oxygens (including phenoxy) is 1. The first kappa shape index (κ1) is 16.6. The Bertz CT molecular complexity index is 847. The van der Waals surface area contributed by atoms with Crippen molar-refractivity contribution >= 4 is 27.3 Å². The fourth-order valence-electron chi connectivity index (χ4n) is 4.66. The van der Waals surface area contributed by atoms with Gasteiger partial charge in [0.25, 0.3) is 5.91 Å². The number of fused-ring (bicyclic) bond motifs is 4. The molecule has 1 atom stereocenters. The van der Waals surface area contributed by atoms with Gasteiger partial charge < -0.3 is 10.1 Å². The van der Waals surface area contributed by atoms with Gasteiger partial charge in [-0.2, -0.15) is 0 Å². The average Bonchev–Trinajstić information content (AvgIpc) is 3.33. The Balaban J connectivity index is 1.36. The van der Waals surface area contributed by atoms with Gasteiger partial charge in [0.15, 0.2) is 0 Å². The molecule has 3 aliphatic heterocycles. The number of thiophene rings is 1. The molecule has 3 saturated heterocycles. The van der Waals surface area contributed by atoms with Crippen molar-refractivity contribution in [3.05, 3.63) is 29.1 Å². The molecule has 1 aromatic heterocycles. The molecule has 4 heterocycles. The van der Waals surface area contributed by atoms with Crippen molar-refractivity contribution in [1.82, 2.24) is 10.2 Å². The van der Waals surface area contributed by atoms with Gasteiger partial charge in [0, 0.05) is 16.3 Å². The Morgan fingerprint density at radius 1 is 1.19 bits per heavy atom. The van der Waals surface area contributed by atoms with Gasteiger partial charge in [0.2, 0.25) is 0 Å². The van der Waals surface area contributed by atoms with Crippen LogP contribution in [0.15, 0.2) is 24.3 Å². The van der Waals surface area contributed by atoms with Gasteiger partial charge >= 0.3 is 0 Å². The molecule has 2 bridgehead atoms. The fourth-order valence-corrected chi connectivity index (χ4v) is 5.66. The molecule has 0 unspecified atom stereocenters. The molecular formula is C21H26N2O2S. The lowest BCUT2D eigenvalue weighted by molar-refractivity contribution is -0.0377. The molecular weight excluding hydrogens is 344 g/mol. The van der Waals surface area contributed by atoms with Gasteiger partial charge in [-0.15, -0.1) is 11.3 Å². The molecule has 1 aliphatic carbocycles. The lowest BCUT2D eigenvalue weighted by atomic mass is 9.72. The number of rotatable bonds is 4. The van der Waals surface area contributed by atoms with Crippen molar-refractivity contribution in [2.24, 2.45) is 5.92 Å². The van der Waals surface area contributed by atoms with Crippen molar-refractivity contribution in [1.29, 1.82) is 0 Å². The zero-order valence-corrected chi connectivity index (χ0v) is 16.3. The first-order valence-corrected chi connectivity index (χ1v) is 10.6. The minimum atomic E-state index is 0.0405. The number of amides is 1. The highest BCUT2D eigenvalue weighted by Crippen LogP contribution is 2.39. The van der Waals surface area contributed by atoms with E-state index in [0.29, 0.717) is 12.0 Å². The van der Waals surface area contributed by atoms with E-state index in [1.165, 1.54) is 12.8 Å². The second kappa shape index (κ2) is 5.96. The SMILES string of the molecule is CC1(C)[C@H](NC(=O)c2cc3ccc(OC4CC4)cc3s2)C2CCN1CC2. The van der Waals surface area contributed by atoms with Crippen LogP contribution in [0.3, 0.4) is 0 Å². The Morgan fingerprint density at radius 3 is 2.65 bits per heavy atom. The van der Waals surface area contributed by atoms with Gasteiger partial charge in [-0.1, -0.05) is 0 Å². The van der Waals surface area contributed by atoms with Crippen LogP contribution in [-0.4, -0.2) is 41.6 Å². The summed E-state index contributed by atoms with van der Waals surface area (Å²) < 4.78 is 7.01. The molecule has 6 rings (SSSR count). The summed E-state index contributed by atoms with van der Waals surface area (Å²) in [7, 11) is 0. The molecule has 4 nitrogen and oxygen atoms in total. The lowest BCUT2D eigenvalue weighted by Gasteiger charge is -2.56. The summed E-state index contributed by atoms with van der Waals surface area (Å²) in [4.78, 5) is 16.3. The van der Waals surface area contributed by atoms with Crippen LogP contribution >= 0.6 is 11.3 Å². The third-order valence-electron chi connectivity index (χ3n) is 6.42. The molecule has 0 radical (unpaired) electrons. The van der Waals surface area contributed by atoms with E-state index in [2.05, 4.69) is 36.2 Å². The van der Waals surface area contributed by atoms with E-state index in [4.69, 9.17) is 4.74 Å². The minimum Gasteiger partial charge on any atom is -0.490 e. The number of piperidine rings is 3. The van der Waals surface area contributed by atoms with E-state index in [1.54, 1.807) is 11.3 Å². The smallest absolute Gasteiger partial charge is 0.261 e. The van der Waals surface area contributed by atoms with Crippen LogP contribution in [0.4, 0.5) is 0 Å². The highest BCUT2D eigenvalue weighted by Gasteiger charge is 2.48. The molecule has 1 saturated carbocycles. The quantitative estimate of drug-likeness (QED) is 0.883. The largest absolute Gasteiger partial charge is 0.490 e. The number of hydrogen-bond donors (Lipinski definition) is 1. The maximum Gasteiger partial charge on any atom is 0.261 e. The molecule has 138 valence electrons. The first-order chi connectivity index (χ1) is 12.5. The standard InChI is InChI=1S/C21H26N2O2S/c1-21(2)19(13-7-9-23(21)10-8-13)22-20(24)18-11-14-3-4-16(12-17(14)26-18)25-15-5-6-15/h3-4,11-13,15,19H,5-10H2,1-2H3,(H,22,24)/t19-/m1/s1. The van der Waals surface area contributed by atoms with Gasteiger partial charge in [-0.3, -0.25) is 9.69 Å². The summed E-state index contributed by atoms with van der Waals surface area (Å²) in [5, 5.41) is 4.49. The van der Waals surface area contributed by atoms with E-state index in [-0.39, 0.29) is 17.5 Å². The summed E-state index contributed by atoms with van der Waals surface area (Å²) in [6.45, 7) is 6.87. The minimum absolute atomic E-state index is 0.0405. The van der Waals surface area contributed by atoms with Crippen LogP contribution in [0.1, 0.15) is 49.2 Å². The zero-order valence-electron chi connectivity index (χ0n) is 15.5. The second-order valence-corrected chi connectivity index (χ2v) is 9.64. The number of hydrogen-bond acceptors (Lipinski definition) is 4. The highest BCUT2D eigenvalue weighted by molar-refractivity contribution is 7.20. The van der Waals surface area contributed by atoms with Gasteiger partial charge in [0.05, 0.1) is 11.0 Å². The number of nitrogens with zero attached hydrogens (tertiary/aromatic N) is 1.